The summed E-state index contributed by atoms with van der Waals surface area (Å²) in [6, 6.07) is 19.6. The van der Waals surface area contributed by atoms with E-state index in [4.69, 9.17) is 18.9 Å². The minimum absolute atomic E-state index is 0.283. The maximum Gasteiger partial charge on any atom is 0.313 e. The highest BCUT2D eigenvalue weighted by Crippen LogP contribution is 2.32. The van der Waals surface area contributed by atoms with E-state index in [-0.39, 0.29) is 12.6 Å². The molecule has 0 amide bonds. The average molecular weight is 562 g/mol. The number of carbonyl (C=O) groups excluding carboxylic acids is 1. The number of aliphatic hydroxyl groups is 1. The second kappa shape index (κ2) is 14.7. The number of ether oxygens (including phenoxy) is 4. The molecular weight excluding hydrogens is 522 g/mol. The first kappa shape index (κ1) is 30.2. The number of nitrogens with zero attached hydrogens (tertiary/aromatic N) is 3. The molecule has 0 aliphatic rings. The van der Waals surface area contributed by atoms with E-state index >= 15 is 0 Å². The molecule has 0 spiro atoms. The molecule has 1 unspecified atom stereocenters. The summed E-state index contributed by atoms with van der Waals surface area (Å²) in [7, 11) is 1.57. The first-order chi connectivity index (χ1) is 19.9. The number of rotatable bonds is 15. The highest BCUT2D eigenvalue weighted by Gasteiger charge is 2.26. The van der Waals surface area contributed by atoms with Gasteiger partial charge in [-0.05, 0) is 67.6 Å². The van der Waals surface area contributed by atoms with Gasteiger partial charge in [-0.15, -0.1) is 5.10 Å². The number of carbonyl (C=O) groups is 1. The van der Waals surface area contributed by atoms with Gasteiger partial charge in [0.1, 0.15) is 11.3 Å². The van der Waals surface area contributed by atoms with Crippen LogP contribution in [0.4, 0.5) is 0 Å². The number of benzene rings is 3. The van der Waals surface area contributed by atoms with Crippen LogP contribution in [0.15, 0.2) is 60.7 Å². The molecule has 2 atom stereocenters. The van der Waals surface area contributed by atoms with E-state index in [1.54, 1.807) is 21.0 Å². The molecule has 0 aliphatic carbocycles. The van der Waals surface area contributed by atoms with Gasteiger partial charge in [0, 0.05) is 5.56 Å². The molecular formula is C32H39N3O6. The molecule has 0 saturated carbocycles. The summed E-state index contributed by atoms with van der Waals surface area (Å²) in [5, 5.41) is 19.0. The first-order valence-electron chi connectivity index (χ1n) is 14.0. The number of esters is 1. The van der Waals surface area contributed by atoms with Gasteiger partial charge in [-0.25, -0.2) is 4.68 Å². The minimum atomic E-state index is -0.704. The molecule has 3 aromatic carbocycles. The number of fused-ring (bicyclic) bond motifs is 1. The number of hydrogen-bond donors (Lipinski definition) is 1. The molecule has 0 bridgehead atoms. The Labute approximate surface area is 241 Å². The Hall–Kier alpha value is -3.79. The zero-order valence-electron chi connectivity index (χ0n) is 24.2. The fourth-order valence-corrected chi connectivity index (χ4v) is 4.90. The van der Waals surface area contributed by atoms with Gasteiger partial charge in [-0.1, -0.05) is 47.7 Å². The number of methoxy groups -OCH3 is 1. The van der Waals surface area contributed by atoms with Gasteiger partial charge in [0.25, 0.3) is 0 Å². The smallest absolute Gasteiger partial charge is 0.313 e. The monoisotopic (exact) mass is 561 g/mol. The van der Waals surface area contributed by atoms with Crippen LogP contribution >= 0.6 is 0 Å². The quantitative estimate of drug-likeness (QED) is 0.161. The largest absolute Gasteiger partial charge is 0.496 e. The van der Waals surface area contributed by atoms with Crippen LogP contribution in [0.25, 0.3) is 11.0 Å². The third-order valence-electron chi connectivity index (χ3n) is 7.04. The third-order valence-corrected chi connectivity index (χ3v) is 7.04. The molecule has 1 heterocycles. The van der Waals surface area contributed by atoms with Gasteiger partial charge >= 0.3 is 5.97 Å². The predicted octanol–water partition coefficient (Wildman–Crippen LogP) is 4.92. The van der Waals surface area contributed by atoms with Crippen molar-refractivity contribution in [2.24, 2.45) is 0 Å². The Morgan fingerprint density at radius 3 is 2.49 bits per heavy atom. The van der Waals surface area contributed by atoms with E-state index < -0.39 is 12.0 Å². The van der Waals surface area contributed by atoms with Crippen molar-refractivity contribution in [1.29, 1.82) is 0 Å². The van der Waals surface area contributed by atoms with Crippen LogP contribution in [0.1, 0.15) is 53.7 Å². The highest BCUT2D eigenvalue weighted by molar-refractivity contribution is 5.85. The van der Waals surface area contributed by atoms with Gasteiger partial charge in [0.05, 0.1) is 64.2 Å². The lowest BCUT2D eigenvalue weighted by Crippen LogP contribution is -2.19. The Morgan fingerprint density at radius 2 is 1.76 bits per heavy atom. The molecule has 9 heteroatoms. The van der Waals surface area contributed by atoms with Crippen molar-refractivity contribution in [2.45, 2.75) is 52.4 Å². The zero-order chi connectivity index (χ0) is 29.2. The Kier molecular flexibility index (Phi) is 10.8. The van der Waals surface area contributed by atoms with Gasteiger partial charge < -0.3 is 24.1 Å². The van der Waals surface area contributed by atoms with Gasteiger partial charge in [0.15, 0.2) is 0 Å². The van der Waals surface area contributed by atoms with Gasteiger partial charge in [-0.2, -0.15) is 0 Å². The van der Waals surface area contributed by atoms with Crippen molar-refractivity contribution in [3.63, 3.8) is 0 Å². The molecule has 0 aliphatic heterocycles. The first-order valence-corrected chi connectivity index (χ1v) is 14.0. The number of aryl methyl sites for hydroxylation is 1. The molecule has 0 fully saturated rings. The Morgan fingerprint density at radius 1 is 0.976 bits per heavy atom. The van der Waals surface area contributed by atoms with Crippen LogP contribution in [0, 0.1) is 6.92 Å². The fraction of sp³-hybridized carbons (Fsp3) is 0.406. The summed E-state index contributed by atoms with van der Waals surface area (Å²) in [6.45, 7) is 8.32. The summed E-state index contributed by atoms with van der Waals surface area (Å²) in [4.78, 5) is 13.1. The van der Waals surface area contributed by atoms with E-state index in [2.05, 4.69) is 10.3 Å². The molecule has 218 valence electrons. The molecule has 1 aromatic heterocycles. The maximum absolute atomic E-state index is 13.1. The van der Waals surface area contributed by atoms with Gasteiger partial charge in [-0.3, -0.25) is 4.79 Å². The summed E-state index contributed by atoms with van der Waals surface area (Å²) in [5.74, 6) is -0.243. The van der Waals surface area contributed by atoms with Crippen molar-refractivity contribution in [3.8, 4) is 5.75 Å². The lowest BCUT2D eigenvalue weighted by Gasteiger charge is -2.20. The minimum Gasteiger partial charge on any atom is -0.496 e. The second-order valence-electron chi connectivity index (χ2n) is 9.87. The van der Waals surface area contributed by atoms with E-state index in [1.807, 2.05) is 72.3 Å². The molecule has 0 radical (unpaired) electrons. The van der Waals surface area contributed by atoms with E-state index in [9.17, 15) is 9.90 Å². The molecule has 1 N–H and O–H groups in total. The van der Waals surface area contributed by atoms with Crippen LogP contribution in [0.2, 0.25) is 0 Å². The van der Waals surface area contributed by atoms with Crippen molar-refractivity contribution >= 4 is 17.0 Å². The van der Waals surface area contributed by atoms with Crippen LogP contribution in [-0.4, -0.2) is 59.6 Å². The molecule has 9 nitrogen and oxygen atoms in total. The zero-order valence-corrected chi connectivity index (χ0v) is 24.2. The van der Waals surface area contributed by atoms with E-state index in [1.165, 1.54) is 0 Å². The normalized spacial score (nSPS) is 12.8. The average Bonchev–Trinajstić information content (AvgIpc) is 3.40. The maximum atomic E-state index is 13.1. The molecule has 41 heavy (non-hydrogen) atoms. The van der Waals surface area contributed by atoms with Crippen LogP contribution in [0.5, 0.6) is 5.75 Å². The fourth-order valence-electron chi connectivity index (χ4n) is 4.90. The van der Waals surface area contributed by atoms with Crippen LogP contribution in [-0.2, 0) is 38.6 Å². The lowest BCUT2D eigenvalue weighted by atomic mass is 9.88. The predicted molar refractivity (Wildman–Crippen MR) is 156 cm³/mol. The second-order valence-corrected chi connectivity index (χ2v) is 9.87. The topological polar surface area (TPSA) is 105 Å². The molecule has 4 rings (SSSR count). The number of aliphatic hydroxyl groups excluding tert-OH is 1. The Bertz CT molecular complexity index is 1420. The number of hydrogen-bond acceptors (Lipinski definition) is 8. The third kappa shape index (κ3) is 7.70. The van der Waals surface area contributed by atoms with E-state index in [0.717, 1.165) is 33.3 Å². The van der Waals surface area contributed by atoms with Crippen LogP contribution in [0.3, 0.4) is 0 Å². The van der Waals surface area contributed by atoms with Crippen LogP contribution < -0.4 is 4.74 Å². The Balaban J connectivity index is 1.43. The summed E-state index contributed by atoms with van der Waals surface area (Å²) < 4.78 is 24.1. The van der Waals surface area contributed by atoms with E-state index in [0.29, 0.717) is 50.7 Å². The molecule has 0 saturated heterocycles. The summed E-state index contributed by atoms with van der Waals surface area (Å²) in [5.41, 5.74) is 6.03. The molecule has 4 aromatic rings. The van der Waals surface area contributed by atoms with Crippen molar-refractivity contribution in [2.75, 3.05) is 33.5 Å². The lowest BCUT2D eigenvalue weighted by molar-refractivity contribution is -0.145. The highest BCUT2D eigenvalue weighted by atomic mass is 16.5. The van der Waals surface area contributed by atoms with Crippen molar-refractivity contribution < 1.29 is 28.8 Å². The SMILES string of the molecule is CCOC(=O)C(Cc1ccc(OC)c([C@H](C)O)c1)c1ccc2c(nnn2CCOCCOCc2ccccc2)c1C. The standard InChI is InChI=1S/C32H39N3O6/c1-5-41-32(37)28(20-25-11-14-30(38-4)27(19-25)23(3)36)26-12-13-29-31(22(26)2)33-34-35(29)15-16-39-17-18-40-21-24-9-7-6-8-10-24/h6-14,19,23,28,36H,5,15-18,20-21H2,1-4H3/t23-,28?/m0/s1. The van der Waals surface area contributed by atoms with Crippen molar-refractivity contribution in [1.82, 2.24) is 15.0 Å². The number of aromatic nitrogens is 3. The summed E-state index contributed by atoms with van der Waals surface area (Å²) >= 11 is 0. The van der Waals surface area contributed by atoms with Crippen molar-refractivity contribution in [3.05, 3.63) is 88.5 Å². The summed E-state index contributed by atoms with van der Waals surface area (Å²) in [6.07, 6.45) is -0.298. The van der Waals surface area contributed by atoms with Gasteiger partial charge in [0.2, 0.25) is 0 Å².